The second kappa shape index (κ2) is 7.08. The van der Waals surface area contributed by atoms with E-state index in [2.05, 4.69) is 13.8 Å². The van der Waals surface area contributed by atoms with Crippen molar-refractivity contribution in [3.05, 3.63) is 40.9 Å². The van der Waals surface area contributed by atoms with Crippen LogP contribution in [0.3, 0.4) is 0 Å². The number of carbonyl (C=O) groups is 1. The monoisotopic (exact) mass is 386 g/mol. The molecule has 0 saturated carbocycles. The first-order valence-corrected chi connectivity index (χ1v) is 9.63. The van der Waals surface area contributed by atoms with E-state index < -0.39 is 0 Å². The van der Waals surface area contributed by atoms with E-state index in [0.717, 1.165) is 16.7 Å². The summed E-state index contributed by atoms with van der Waals surface area (Å²) in [4.78, 5) is 12.8. The van der Waals surface area contributed by atoms with Crippen molar-refractivity contribution in [3.8, 4) is 11.5 Å². The maximum absolute atomic E-state index is 12.8. The van der Waals surface area contributed by atoms with Gasteiger partial charge in [-0.25, -0.2) is 4.79 Å². The molecule has 3 aliphatic rings. The molecule has 0 aromatic heterocycles. The quantitative estimate of drug-likeness (QED) is 0.726. The highest BCUT2D eigenvalue weighted by Crippen LogP contribution is 2.44. The number of carbonyl (C=O) groups excluding carboxylic acids is 1. The van der Waals surface area contributed by atoms with Crippen molar-refractivity contribution >= 4 is 11.5 Å². The lowest BCUT2D eigenvalue weighted by atomic mass is 9.95. The lowest BCUT2D eigenvalue weighted by Gasteiger charge is -2.32. The molecule has 2 aliphatic heterocycles. The molecule has 2 heterocycles. The van der Waals surface area contributed by atoms with Crippen molar-refractivity contribution < 1.29 is 28.5 Å². The fourth-order valence-corrected chi connectivity index (χ4v) is 3.50. The topological polar surface area (TPSA) is 63.2 Å². The standard InChI is InChI=1S/C22H26O6/c1-13(2)28-20(23)17-8-15(21-24-10-22(3,4)11-25-21)7-16(17)14-5-6-18-19(9-14)27-12-26-18/h5-6,9,13H,7-8,10-12H2,1-4H3. The minimum Gasteiger partial charge on any atom is -0.465 e. The van der Waals surface area contributed by atoms with Crippen LogP contribution in [0.15, 0.2) is 35.3 Å². The zero-order chi connectivity index (χ0) is 19.9. The number of rotatable bonds is 3. The van der Waals surface area contributed by atoms with Gasteiger partial charge in [0.25, 0.3) is 5.95 Å². The Morgan fingerprint density at radius 3 is 2.46 bits per heavy atom. The van der Waals surface area contributed by atoms with Gasteiger partial charge in [-0.15, -0.1) is 0 Å². The van der Waals surface area contributed by atoms with E-state index in [1.54, 1.807) is 0 Å². The highest BCUT2D eigenvalue weighted by atomic mass is 16.7. The van der Waals surface area contributed by atoms with Crippen molar-refractivity contribution in [2.75, 3.05) is 20.0 Å². The summed E-state index contributed by atoms with van der Waals surface area (Å²) in [5, 5.41) is 0. The predicted octanol–water partition coefficient (Wildman–Crippen LogP) is 4.20. The number of fused-ring (bicyclic) bond motifs is 1. The van der Waals surface area contributed by atoms with E-state index in [1.165, 1.54) is 0 Å². The highest BCUT2D eigenvalue weighted by molar-refractivity contribution is 6.00. The summed E-state index contributed by atoms with van der Waals surface area (Å²) < 4.78 is 28.1. The zero-order valence-corrected chi connectivity index (χ0v) is 16.8. The summed E-state index contributed by atoms with van der Waals surface area (Å²) in [6, 6.07) is 5.74. The number of hydrogen-bond donors (Lipinski definition) is 0. The molecular weight excluding hydrogens is 360 g/mol. The van der Waals surface area contributed by atoms with Crippen LogP contribution in [0.5, 0.6) is 11.5 Å². The molecule has 1 saturated heterocycles. The number of allylic oxidation sites excluding steroid dienone is 2. The van der Waals surface area contributed by atoms with Gasteiger partial charge in [-0.2, -0.15) is 0 Å². The Labute approximate surface area is 165 Å². The molecule has 1 aliphatic carbocycles. The molecule has 0 radical (unpaired) electrons. The maximum atomic E-state index is 12.8. The summed E-state index contributed by atoms with van der Waals surface area (Å²) in [7, 11) is 0. The molecule has 6 heteroatoms. The smallest absolute Gasteiger partial charge is 0.334 e. The first-order chi connectivity index (χ1) is 13.3. The third kappa shape index (κ3) is 3.68. The van der Waals surface area contributed by atoms with Crippen LogP contribution in [0.25, 0.3) is 5.57 Å². The largest absolute Gasteiger partial charge is 0.465 e. The van der Waals surface area contributed by atoms with Crippen molar-refractivity contribution in [1.29, 1.82) is 0 Å². The van der Waals surface area contributed by atoms with Gasteiger partial charge < -0.3 is 23.7 Å². The second-order valence-electron chi connectivity index (χ2n) is 8.47. The maximum Gasteiger partial charge on any atom is 0.334 e. The number of esters is 1. The predicted molar refractivity (Wildman–Crippen MR) is 103 cm³/mol. The van der Waals surface area contributed by atoms with Crippen LogP contribution in [0.2, 0.25) is 0 Å². The van der Waals surface area contributed by atoms with Gasteiger partial charge in [0.15, 0.2) is 11.5 Å². The lowest BCUT2D eigenvalue weighted by Crippen LogP contribution is -2.31. The van der Waals surface area contributed by atoms with Gasteiger partial charge in [0.1, 0.15) is 0 Å². The van der Waals surface area contributed by atoms with Crippen LogP contribution in [0.4, 0.5) is 0 Å². The van der Waals surface area contributed by atoms with E-state index in [0.29, 0.717) is 49.1 Å². The molecule has 0 unspecified atom stereocenters. The summed E-state index contributed by atoms with van der Waals surface area (Å²) in [5.41, 5.74) is 3.44. The number of hydrogen-bond acceptors (Lipinski definition) is 6. The number of ether oxygens (including phenoxy) is 5. The SMILES string of the molecule is CC(C)OC(=O)C1=C(c2ccc3c(c2)OCO3)CC(=C2OCC(C)(C)CO2)C1. The minimum absolute atomic E-state index is 0.0182. The van der Waals surface area contributed by atoms with Crippen molar-refractivity contribution in [2.45, 2.75) is 46.6 Å². The van der Waals surface area contributed by atoms with E-state index >= 15 is 0 Å². The van der Waals surface area contributed by atoms with E-state index in [-0.39, 0.29) is 24.3 Å². The molecule has 6 nitrogen and oxygen atoms in total. The van der Waals surface area contributed by atoms with Gasteiger partial charge in [-0.3, -0.25) is 0 Å². The summed E-state index contributed by atoms with van der Waals surface area (Å²) >= 11 is 0. The average Bonchev–Trinajstić information content (AvgIpc) is 3.27. The molecule has 1 aromatic carbocycles. The van der Waals surface area contributed by atoms with Crippen LogP contribution >= 0.6 is 0 Å². The normalized spacial score (nSPS) is 20.3. The summed E-state index contributed by atoms with van der Waals surface area (Å²) in [5.74, 6) is 1.65. The Balaban J connectivity index is 1.66. The van der Waals surface area contributed by atoms with Gasteiger partial charge in [-0.1, -0.05) is 19.9 Å². The van der Waals surface area contributed by atoms with Crippen LogP contribution in [0, 0.1) is 5.41 Å². The van der Waals surface area contributed by atoms with Crippen molar-refractivity contribution in [1.82, 2.24) is 0 Å². The van der Waals surface area contributed by atoms with Crippen LogP contribution in [-0.2, 0) is 19.0 Å². The van der Waals surface area contributed by atoms with Gasteiger partial charge in [-0.05, 0) is 37.1 Å². The Morgan fingerprint density at radius 2 is 1.75 bits per heavy atom. The molecule has 0 atom stereocenters. The van der Waals surface area contributed by atoms with Gasteiger partial charge in [0.05, 0.1) is 19.3 Å². The van der Waals surface area contributed by atoms with Gasteiger partial charge in [0, 0.05) is 29.4 Å². The fraction of sp³-hybridized carbons (Fsp3) is 0.500. The molecule has 1 aromatic rings. The molecular formula is C22H26O6. The van der Waals surface area contributed by atoms with E-state index in [1.807, 2.05) is 32.0 Å². The fourth-order valence-electron chi connectivity index (χ4n) is 3.50. The van der Waals surface area contributed by atoms with Crippen LogP contribution < -0.4 is 9.47 Å². The Hall–Kier alpha value is -2.63. The Kier molecular flexibility index (Phi) is 4.73. The van der Waals surface area contributed by atoms with Crippen LogP contribution in [0.1, 0.15) is 46.1 Å². The zero-order valence-electron chi connectivity index (χ0n) is 16.8. The third-order valence-electron chi connectivity index (χ3n) is 4.93. The molecule has 0 amide bonds. The van der Waals surface area contributed by atoms with E-state index in [9.17, 15) is 4.79 Å². The average molecular weight is 386 g/mol. The molecule has 1 fully saturated rings. The molecule has 0 spiro atoms. The summed E-state index contributed by atoms with van der Waals surface area (Å²) in [6.07, 6.45) is 0.862. The first kappa shape index (κ1) is 18.7. The summed E-state index contributed by atoms with van der Waals surface area (Å²) in [6.45, 7) is 9.31. The van der Waals surface area contributed by atoms with E-state index in [4.69, 9.17) is 23.7 Å². The second-order valence-corrected chi connectivity index (χ2v) is 8.47. The third-order valence-corrected chi connectivity index (χ3v) is 4.93. The number of benzene rings is 1. The first-order valence-electron chi connectivity index (χ1n) is 9.63. The molecule has 150 valence electrons. The lowest BCUT2D eigenvalue weighted by molar-refractivity contribution is -0.142. The van der Waals surface area contributed by atoms with Gasteiger partial charge >= 0.3 is 5.97 Å². The highest BCUT2D eigenvalue weighted by Gasteiger charge is 2.34. The van der Waals surface area contributed by atoms with Crippen molar-refractivity contribution in [2.24, 2.45) is 5.41 Å². The molecule has 0 bridgehead atoms. The Morgan fingerprint density at radius 1 is 1.04 bits per heavy atom. The molecule has 4 rings (SSSR count). The minimum atomic E-state index is -0.297. The van der Waals surface area contributed by atoms with Crippen molar-refractivity contribution in [3.63, 3.8) is 0 Å². The van der Waals surface area contributed by atoms with Gasteiger partial charge in [0.2, 0.25) is 6.79 Å². The molecule has 0 N–H and O–H groups in total. The molecule has 28 heavy (non-hydrogen) atoms. The van der Waals surface area contributed by atoms with Crippen LogP contribution in [-0.4, -0.2) is 32.1 Å². The Bertz CT molecular complexity index is 850.